The van der Waals surface area contributed by atoms with E-state index in [2.05, 4.69) is 10.6 Å². The Bertz CT molecular complexity index is 553. The summed E-state index contributed by atoms with van der Waals surface area (Å²) in [6.07, 6.45) is 0.424. The lowest BCUT2D eigenvalue weighted by molar-refractivity contribution is -0.137. The summed E-state index contributed by atoms with van der Waals surface area (Å²) in [6.45, 7) is 5.87. The lowest BCUT2D eigenvalue weighted by Crippen LogP contribution is -2.35. The summed E-state index contributed by atoms with van der Waals surface area (Å²) in [5.74, 6) is -0.882. The molecule has 132 valence electrons. The van der Waals surface area contributed by atoms with Crippen LogP contribution in [0.4, 0.5) is 4.79 Å². The highest BCUT2D eigenvalue weighted by Gasteiger charge is 2.11. The van der Waals surface area contributed by atoms with E-state index >= 15 is 0 Å². The first-order chi connectivity index (χ1) is 11.5. The summed E-state index contributed by atoms with van der Waals surface area (Å²) < 4.78 is 0. The Kier molecular flexibility index (Phi) is 8.32. The van der Waals surface area contributed by atoms with E-state index in [1.807, 2.05) is 13.8 Å². The van der Waals surface area contributed by atoms with Gasteiger partial charge in [0.1, 0.15) is 0 Å². The molecule has 0 saturated carbocycles. The highest BCUT2D eigenvalue weighted by molar-refractivity contribution is 5.94. The number of hydrogen-bond donors (Lipinski definition) is 3. The van der Waals surface area contributed by atoms with Gasteiger partial charge in [-0.25, -0.2) is 4.79 Å². The molecule has 0 aliphatic heterocycles. The Hall–Kier alpha value is -2.57. The molecule has 7 nitrogen and oxygen atoms in total. The minimum absolute atomic E-state index is 0.00400. The molecule has 0 aliphatic carbocycles. The second kappa shape index (κ2) is 10.3. The average molecular weight is 335 g/mol. The minimum atomic E-state index is -0.878. The molecule has 3 amide bonds. The third kappa shape index (κ3) is 6.68. The number of benzene rings is 1. The van der Waals surface area contributed by atoms with Crippen molar-refractivity contribution in [2.75, 3.05) is 19.6 Å². The lowest BCUT2D eigenvalue weighted by Gasteiger charge is -2.18. The zero-order chi connectivity index (χ0) is 17.9. The summed E-state index contributed by atoms with van der Waals surface area (Å²) in [6, 6.07) is 6.77. The minimum Gasteiger partial charge on any atom is -0.481 e. The van der Waals surface area contributed by atoms with Crippen LogP contribution in [0, 0.1) is 0 Å². The van der Waals surface area contributed by atoms with Crippen LogP contribution in [0.3, 0.4) is 0 Å². The van der Waals surface area contributed by atoms with Crippen molar-refractivity contribution in [3.05, 3.63) is 35.4 Å². The number of carbonyl (C=O) groups is 3. The van der Waals surface area contributed by atoms with Gasteiger partial charge in [-0.1, -0.05) is 12.1 Å². The number of hydrogen-bond acceptors (Lipinski definition) is 3. The fourth-order valence-corrected chi connectivity index (χ4v) is 2.14. The number of amides is 3. The number of carbonyl (C=O) groups excluding carboxylic acids is 2. The van der Waals surface area contributed by atoms with Crippen LogP contribution in [-0.2, 0) is 11.3 Å². The fourth-order valence-electron chi connectivity index (χ4n) is 2.14. The van der Waals surface area contributed by atoms with E-state index in [-0.39, 0.29) is 18.4 Å². The van der Waals surface area contributed by atoms with E-state index in [4.69, 9.17) is 5.11 Å². The third-order valence-electron chi connectivity index (χ3n) is 3.56. The van der Waals surface area contributed by atoms with Crippen molar-refractivity contribution in [2.45, 2.75) is 33.2 Å². The number of urea groups is 1. The largest absolute Gasteiger partial charge is 0.481 e. The molecule has 0 spiro atoms. The van der Waals surface area contributed by atoms with Crippen LogP contribution in [0.15, 0.2) is 24.3 Å². The van der Waals surface area contributed by atoms with Crippen molar-refractivity contribution >= 4 is 17.9 Å². The average Bonchev–Trinajstić information content (AvgIpc) is 2.58. The Balaban J connectivity index is 2.40. The molecule has 0 fully saturated rings. The highest BCUT2D eigenvalue weighted by Crippen LogP contribution is 2.08. The quantitative estimate of drug-likeness (QED) is 0.600. The maximum absolute atomic E-state index is 12.2. The summed E-state index contributed by atoms with van der Waals surface area (Å²) >= 11 is 0. The topological polar surface area (TPSA) is 98.7 Å². The summed E-state index contributed by atoms with van der Waals surface area (Å²) in [7, 11) is 0. The number of aliphatic carboxylic acids is 1. The van der Waals surface area contributed by atoms with Gasteiger partial charge in [-0.05, 0) is 38.0 Å². The fraction of sp³-hybridized carbons (Fsp3) is 0.471. The van der Waals surface area contributed by atoms with E-state index < -0.39 is 5.97 Å². The molecule has 0 radical (unpaired) electrons. The molecule has 0 aromatic heterocycles. The number of carboxylic acid groups (broad SMARTS) is 1. The zero-order valence-electron chi connectivity index (χ0n) is 14.2. The number of rotatable bonds is 9. The van der Waals surface area contributed by atoms with E-state index in [1.54, 1.807) is 29.2 Å². The summed E-state index contributed by atoms with van der Waals surface area (Å²) in [5.41, 5.74) is 1.51. The van der Waals surface area contributed by atoms with Gasteiger partial charge in [-0.2, -0.15) is 0 Å². The van der Waals surface area contributed by atoms with Crippen LogP contribution in [0.5, 0.6) is 0 Å². The van der Waals surface area contributed by atoms with Gasteiger partial charge in [0.2, 0.25) is 0 Å². The van der Waals surface area contributed by atoms with E-state index in [0.29, 0.717) is 38.2 Å². The van der Waals surface area contributed by atoms with E-state index in [9.17, 15) is 14.4 Å². The first kappa shape index (κ1) is 19.5. The van der Waals surface area contributed by atoms with E-state index in [1.165, 1.54) is 0 Å². The molecule has 24 heavy (non-hydrogen) atoms. The number of nitrogens with one attached hydrogen (secondary N) is 2. The summed E-state index contributed by atoms with van der Waals surface area (Å²) in [4.78, 5) is 35.9. The van der Waals surface area contributed by atoms with Crippen molar-refractivity contribution < 1.29 is 19.5 Å². The normalized spacial score (nSPS) is 10.1. The smallest absolute Gasteiger partial charge is 0.315 e. The predicted molar refractivity (Wildman–Crippen MR) is 90.8 cm³/mol. The Labute approximate surface area is 142 Å². The molecule has 0 bridgehead atoms. The molecule has 0 heterocycles. The van der Waals surface area contributed by atoms with Crippen LogP contribution in [0.2, 0.25) is 0 Å². The molecule has 1 aromatic rings. The highest BCUT2D eigenvalue weighted by atomic mass is 16.4. The van der Waals surface area contributed by atoms with Gasteiger partial charge in [-0.15, -0.1) is 0 Å². The van der Waals surface area contributed by atoms with Crippen molar-refractivity contribution in [1.29, 1.82) is 0 Å². The predicted octanol–water partition coefficient (Wildman–Crippen LogP) is 1.83. The standard InChI is InChI=1S/C17H25N3O4/c1-3-20(4-2)16(23)14-9-7-13(8-10-14)12-19-17(24)18-11-5-6-15(21)22/h7-10H,3-6,11-12H2,1-2H3,(H,21,22)(H2,18,19,24). The van der Waals surface area contributed by atoms with Crippen molar-refractivity contribution in [1.82, 2.24) is 15.5 Å². The van der Waals surface area contributed by atoms with Gasteiger partial charge in [-0.3, -0.25) is 9.59 Å². The van der Waals surface area contributed by atoms with Crippen molar-refractivity contribution in [3.8, 4) is 0 Å². The van der Waals surface area contributed by atoms with Crippen LogP contribution >= 0.6 is 0 Å². The molecule has 3 N–H and O–H groups in total. The van der Waals surface area contributed by atoms with Crippen LogP contribution in [0.1, 0.15) is 42.6 Å². The molecule has 0 atom stereocenters. The second-order valence-corrected chi connectivity index (χ2v) is 5.28. The first-order valence-corrected chi connectivity index (χ1v) is 8.09. The maximum Gasteiger partial charge on any atom is 0.315 e. The molecule has 1 aromatic carbocycles. The van der Waals surface area contributed by atoms with Crippen molar-refractivity contribution in [2.24, 2.45) is 0 Å². The second-order valence-electron chi connectivity index (χ2n) is 5.28. The van der Waals surface area contributed by atoms with Gasteiger partial charge in [0.05, 0.1) is 0 Å². The number of nitrogens with zero attached hydrogens (tertiary/aromatic N) is 1. The SMILES string of the molecule is CCN(CC)C(=O)c1ccc(CNC(=O)NCCCC(=O)O)cc1. The first-order valence-electron chi connectivity index (χ1n) is 8.09. The van der Waals surface area contributed by atoms with Gasteiger partial charge in [0.15, 0.2) is 0 Å². The molecular weight excluding hydrogens is 310 g/mol. The maximum atomic E-state index is 12.2. The van der Waals surface area contributed by atoms with Crippen LogP contribution in [0.25, 0.3) is 0 Å². The van der Waals surface area contributed by atoms with Crippen LogP contribution < -0.4 is 10.6 Å². The molecule has 1 rings (SSSR count). The lowest BCUT2D eigenvalue weighted by atomic mass is 10.1. The summed E-state index contributed by atoms with van der Waals surface area (Å²) in [5, 5.41) is 13.8. The van der Waals surface area contributed by atoms with Gasteiger partial charge in [0.25, 0.3) is 5.91 Å². The molecule has 7 heteroatoms. The molecule has 0 aliphatic rings. The number of carboxylic acids is 1. The van der Waals surface area contributed by atoms with Gasteiger partial charge >= 0.3 is 12.0 Å². The monoisotopic (exact) mass is 335 g/mol. The molecule has 0 saturated heterocycles. The Morgan fingerprint density at radius 3 is 2.21 bits per heavy atom. The zero-order valence-corrected chi connectivity index (χ0v) is 14.2. The molecule has 0 unspecified atom stereocenters. The third-order valence-corrected chi connectivity index (χ3v) is 3.56. The van der Waals surface area contributed by atoms with Gasteiger partial charge < -0.3 is 20.6 Å². The Morgan fingerprint density at radius 2 is 1.67 bits per heavy atom. The van der Waals surface area contributed by atoms with Crippen molar-refractivity contribution in [3.63, 3.8) is 0 Å². The van der Waals surface area contributed by atoms with Gasteiger partial charge in [0, 0.05) is 38.2 Å². The van der Waals surface area contributed by atoms with E-state index in [0.717, 1.165) is 5.56 Å². The Morgan fingerprint density at radius 1 is 1.04 bits per heavy atom. The molecular formula is C17H25N3O4. The van der Waals surface area contributed by atoms with Crippen LogP contribution in [-0.4, -0.2) is 47.5 Å².